The number of aryl methyl sites for hydroxylation is 1. The molecule has 2 N–H and O–H groups in total. The van der Waals surface area contributed by atoms with E-state index in [9.17, 15) is 9.59 Å². The number of nitrogens with one attached hydrogen (secondary N) is 2. The van der Waals surface area contributed by atoms with E-state index in [0.29, 0.717) is 17.2 Å². The lowest BCUT2D eigenvalue weighted by Crippen LogP contribution is -2.37. The molecular weight excluding hydrogens is 338 g/mol. The number of nitrogens with zero attached hydrogens (tertiary/aromatic N) is 1. The normalized spacial score (nSPS) is 14.7. The van der Waals surface area contributed by atoms with Crippen LogP contribution in [0.25, 0.3) is 0 Å². The number of hydrogen-bond donors (Lipinski definition) is 2. The van der Waals surface area contributed by atoms with E-state index in [1.807, 2.05) is 42.2 Å². The maximum atomic E-state index is 12.7. The van der Waals surface area contributed by atoms with Crippen LogP contribution in [-0.2, 0) is 4.79 Å². The molecule has 5 nitrogen and oxygen atoms in total. The fourth-order valence-electron chi connectivity index (χ4n) is 3.18. The molecule has 1 aliphatic heterocycles. The van der Waals surface area contributed by atoms with E-state index in [1.54, 1.807) is 18.2 Å². The van der Waals surface area contributed by atoms with Gasteiger partial charge < -0.3 is 15.5 Å². The molecule has 5 heteroatoms. The van der Waals surface area contributed by atoms with Gasteiger partial charge in [-0.1, -0.05) is 30.7 Å². The second kappa shape index (κ2) is 8.71. The molecule has 1 saturated heterocycles. The molecule has 0 spiro atoms. The van der Waals surface area contributed by atoms with E-state index >= 15 is 0 Å². The monoisotopic (exact) mass is 365 g/mol. The molecule has 0 saturated carbocycles. The second-order valence-electron chi connectivity index (χ2n) is 7.32. The average Bonchev–Trinajstić information content (AvgIpc) is 2.68. The molecule has 1 aliphatic rings. The van der Waals surface area contributed by atoms with E-state index in [-0.39, 0.29) is 18.4 Å². The second-order valence-corrected chi connectivity index (χ2v) is 7.32. The van der Waals surface area contributed by atoms with Crippen molar-refractivity contribution in [2.45, 2.75) is 26.7 Å². The Morgan fingerprint density at radius 2 is 1.74 bits per heavy atom. The van der Waals surface area contributed by atoms with Crippen molar-refractivity contribution in [3.8, 4) is 0 Å². The lowest BCUT2D eigenvalue weighted by molar-refractivity contribution is -0.114. The first-order valence-electron chi connectivity index (χ1n) is 9.51. The van der Waals surface area contributed by atoms with Gasteiger partial charge in [0.25, 0.3) is 5.91 Å². The summed E-state index contributed by atoms with van der Waals surface area (Å²) in [6.07, 6.45) is 2.10. The van der Waals surface area contributed by atoms with Crippen molar-refractivity contribution in [3.63, 3.8) is 0 Å². The van der Waals surface area contributed by atoms with Gasteiger partial charge >= 0.3 is 0 Å². The number of benzene rings is 2. The molecule has 2 aromatic carbocycles. The van der Waals surface area contributed by atoms with Gasteiger partial charge in [0, 0.05) is 30.0 Å². The Morgan fingerprint density at radius 3 is 2.44 bits per heavy atom. The lowest BCUT2D eigenvalue weighted by Gasteiger charge is -2.30. The van der Waals surface area contributed by atoms with Crippen LogP contribution >= 0.6 is 0 Å². The zero-order valence-electron chi connectivity index (χ0n) is 16.0. The van der Waals surface area contributed by atoms with Crippen molar-refractivity contribution < 1.29 is 9.59 Å². The number of amides is 2. The molecule has 27 heavy (non-hydrogen) atoms. The van der Waals surface area contributed by atoms with E-state index in [4.69, 9.17) is 0 Å². The number of rotatable bonds is 5. The number of hydrogen-bond acceptors (Lipinski definition) is 3. The number of carbonyl (C=O) groups excluding carboxylic acids is 2. The first kappa shape index (κ1) is 19.0. The standard InChI is InChI=1S/C22H27N3O2/c1-16-6-8-19(9-7-16)23-15-21(26)24-20-5-3-4-18(14-20)22(27)25-12-10-17(2)11-13-25/h3-9,14,17,23H,10-13,15H2,1-2H3,(H,24,26). The Labute approximate surface area is 160 Å². The highest BCUT2D eigenvalue weighted by atomic mass is 16.2. The minimum absolute atomic E-state index is 0.0378. The van der Waals surface area contributed by atoms with Gasteiger partial charge in [0.05, 0.1) is 6.54 Å². The SMILES string of the molecule is Cc1ccc(NCC(=O)Nc2cccc(C(=O)N3CCC(C)CC3)c2)cc1. The zero-order chi connectivity index (χ0) is 19.2. The van der Waals surface area contributed by atoms with Crippen molar-refractivity contribution in [1.82, 2.24) is 4.90 Å². The third-order valence-electron chi connectivity index (χ3n) is 4.97. The molecule has 0 aliphatic carbocycles. The van der Waals surface area contributed by atoms with Gasteiger partial charge in [-0.05, 0) is 56.0 Å². The van der Waals surface area contributed by atoms with Gasteiger partial charge in [0.1, 0.15) is 0 Å². The first-order chi connectivity index (χ1) is 13.0. The molecule has 0 atom stereocenters. The summed E-state index contributed by atoms with van der Waals surface area (Å²) in [6, 6.07) is 15.1. The Kier molecular flexibility index (Phi) is 6.12. The summed E-state index contributed by atoms with van der Waals surface area (Å²) in [5, 5.41) is 5.95. The van der Waals surface area contributed by atoms with Crippen molar-refractivity contribution in [2.75, 3.05) is 30.3 Å². The van der Waals surface area contributed by atoms with Crippen LogP contribution in [-0.4, -0.2) is 36.3 Å². The summed E-state index contributed by atoms with van der Waals surface area (Å²) >= 11 is 0. The lowest BCUT2D eigenvalue weighted by atomic mass is 9.98. The summed E-state index contributed by atoms with van der Waals surface area (Å²) in [5.41, 5.74) is 3.34. The largest absolute Gasteiger partial charge is 0.376 e. The van der Waals surface area contributed by atoms with E-state index in [1.165, 1.54) is 5.56 Å². The molecule has 0 unspecified atom stereocenters. The van der Waals surface area contributed by atoms with Gasteiger partial charge in [-0.2, -0.15) is 0 Å². The predicted molar refractivity (Wildman–Crippen MR) is 109 cm³/mol. The minimum Gasteiger partial charge on any atom is -0.376 e. The summed E-state index contributed by atoms with van der Waals surface area (Å²) in [7, 11) is 0. The van der Waals surface area contributed by atoms with Crippen LogP contribution in [0.5, 0.6) is 0 Å². The molecule has 2 aromatic rings. The smallest absolute Gasteiger partial charge is 0.253 e. The van der Waals surface area contributed by atoms with Crippen LogP contribution < -0.4 is 10.6 Å². The van der Waals surface area contributed by atoms with Crippen molar-refractivity contribution in [2.24, 2.45) is 5.92 Å². The number of piperidine rings is 1. The quantitative estimate of drug-likeness (QED) is 0.844. The van der Waals surface area contributed by atoms with E-state index < -0.39 is 0 Å². The third kappa shape index (κ3) is 5.33. The van der Waals surface area contributed by atoms with Gasteiger partial charge in [-0.15, -0.1) is 0 Å². The van der Waals surface area contributed by atoms with Crippen molar-refractivity contribution in [1.29, 1.82) is 0 Å². The average molecular weight is 365 g/mol. The first-order valence-corrected chi connectivity index (χ1v) is 9.51. The highest BCUT2D eigenvalue weighted by Gasteiger charge is 2.21. The molecular formula is C22H27N3O2. The molecule has 2 amide bonds. The maximum absolute atomic E-state index is 12.7. The van der Waals surface area contributed by atoms with Crippen LogP contribution in [0, 0.1) is 12.8 Å². The van der Waals surface area contributed by atoms with Crippen LogP contribution in [0.15, 0.2) is 48.5 Å². The van der Waals surface area contributed by atoms with E-state index in [2.05, 4.69) is 17.6 Å². The molecule has 1 heterocycles. The van der Waals surface area contributed by atoms with Crippen molar-refractivity contribution in [3.05, 3.63) is 59.7 Å². The number of carbonyl (C=O) groups is 2. The highest BCUT2D eigenvalue weighted by Crippen LogP contribution is 2.19. The Morgan fingerprint density at radius 1 is 1.04 bits per heavy atom. The van der Waals surface area contributed by atoms with Crippen LogP contribution in [0.1, 0.15) is 35.7 Å². The summed E-state index contributed by atoms with van der Waals surface area (Å²) in [4.78, 5) is 26.8. The molecule has 1 fully saturated rings. The Hall–Kier alpha value is -2.82. The van der Waals surface area contributed by atoms with Crippen LogP contribution in [0.4, 0.5) is 11.4 Å². The molecule has 0 bridgehead atoms. The van der Waals surface area contributed by atoms with Crippen LogP contribution in [0.3, 0.4) is 0 Å². The van der Waals surface area contributed by atoms with Gasteiger partial charge in [-0.25, -0.2) is 0 Å². The molecule has 0 radical (unpaired) electrons. The molecule has 0 aromatic heterocycles. The third-order valence-corrected chi connectivity index (χ3v) is 4.97. The summed E-state index contributed by atoms with van der Waals surface area (Å²) in [6.45, 7) is 6.03. The van der Waals surface area contributed by atoms with Gasteiger partial charge in [0.15, 0.2) is 0 Å². The fraction of sp³-hybridized carbons (Fsp3) is 0.364. The molecule has 3 rings (SSSR count). The van der Waals surface area contributed by atoms with Crippen LogP contribution in [0.2, 0.25) is 0 Å². The summed E-state index contributed by atoms with van der Waals surface area (Å²) in [5.74, 6) is 0.573. The van der Waals surface area contributed by atoms with Gasteiger partial charge in [-0.3, -0.25) is 9.59 Å². The predicted octanol–water partition coefficient (Wildman–Crippen LogP) is 3.92. The molecule has 142 valence electrons. The van der Waals surface area contributed by atoms with Crippen molar-refractivity contribution >= 4 is 23.2 Å². The summed E-state index contributed by atoms with van der Waals surface area (Å²) < 4.78 is 0. The minimum atomic E-state index is -0.146. The maximum Gasteiger partial charge on any atom is 0.253 e. The fourth-order valence-corrected chi connectivity index (χ4v) is 3.18. The highest BCUT2D eigenvalue weighted by molar-refractivity contribution is 5.98. The Balaban J connectivity index is 1.55. The van der Waals surface area contributed by atoms with Gasteiger partial charge in [0.2, 0.25) is 5.91 Å². The topological polar surface area (TPSA) is 61.4 Å². The number of anilines is 2. The zero-order valence-corrected chi connectivity index (χ0v) is 16.0. The van der Waals surface area contributed by atoms with E-state index in [0.717, 1.165) is 31.6 Å². The number of likely N-dealkylation sites (tertiary alicyclic amines) is 1. The Bertz CT molecular complexity index is 793.